The van der Waals surface area contributed by atoms with Crippen molar-refractivity contribution in [3.05, 3.63) is 70.3 Å². The summed E-state index contributed by atoms with van der Waals surface area (Å²) < 4.78 is 49.7. The Morgan fingerprint density at radius 3 is 2.55 bits per heavy atom. The first-order chi connectivity index (χ1) is 15.7. The van der Waals surface area contributed by atoms with Gasteiger partial charge in [0.25, 0.3) is 5.91 Å². The van der Waals surface area contributed by atoms with Crippen LogP contribution in [0.5, 0.6) is 5.88 Å². The van der Waals surface area contributed by atoms with E-state index in [1.807, 2.05) is 0 Å². The number of amides is 1. The molecule has 0 spiro atoms. The molecule has 0 aliphatic rings. The Bertz CT molecular complexity index is 1290. The Balaban J connectivity index is 1.52. The van der Waals surface area contributed by atoms with Crippen molar-refractivity contribution in [1.29, 1.82) is 0 Å². The largest absolute Gasteiger partial charge is 0.467 e. The number of para-hydroxylation sites is 1. The Labute approximate surface area is 198 Å². The van der Waals surface area contributed by atoms with Crippen molar-refractivity contribution in [3.8, 4) is 22.8 Å². The number of aromatic nitrogens is 4. The number of nitrogens with one attached hydrogen (secondary N) is 1. The molecule has 0 aliphatic carbocycles. The highest BCUT2D eigenvalue weighted by Gasteiger charge is 2.36. The second-order valence-corrected chi connectivity index (χ2v) is 8.12. The molecule has 0 aliphatic heterocycles. The number of hydrogen-bond donors (Lipinski definition) is 1. The van der Waals surface area contributed by atoms with Gasteiger partial charge in [0, 0.05) is 28.2 Å². The molecule has 2 aromatic carbocycles. The van der Waals surface area contributed by atoms with Crippen LogP contribution in [0.4, 0.5) is 18.2 Å². The molecule has 4 aromatic rings. The highest BCUT2D eigenvalue weighted by atomic mass is 35.5. The average Bonchev–Trinajstić information content (AvgIpc) is 3.40. The van der Waals surface area contributed by atoms with E-state index in [1.54, 1.807) is 36.4 Å². The van der Waals surface area contributed by atoms with Gasteiger partial charge in [0.15, 0.2) is 12.3 Å². The van der Waals surface area contributed by atoms with Crippen molar-refractivity contribution in [2.24, 2.45) is 0 Å². The van der Waals surface area contributed by atoms with Crippen LogP contribution in [-0.2, 0) is 11.0 Å². The van der Waals surface area contributed by atoms with Gasteiger partial charge in [-0.1, -0.05) is 52.0 Å². The van der Waals surface area contributed by atoms with Gasteiger partial charge < -0.3 is 10.1 Å². The molecule has 1 N–H and O–H groups in total. The highest BCUT2D eigenvalue weighted by Crippen LogP contribution is 2.34. The minimum atomic E-state index is -4.71. The van der Waals surface area contributed by atoms with Crippen LogP contribution in [-0.4, -0.2) is 31.9 Å². The number of ether oxygens (including phenoxy) is 1. The van der Waals surface area contributed by atoms with Gasteiger partial charge in [-0.05, 0) is 24.3 Å². The molecule has 13 heteroatoms. The Morgan fingerprint density at radius 1 is 1.12 bits per heavy atom. The Kier molecular flexibility index (Phi) is 6.54. The molecule has 1 amide bonds. The standard InChI is InChI=1S/C20H12Cl2F3N5O2S/c21-12-7-5-11(6-8-12)18-19(33-29-27-18)26-16(31)10-32-17-9-15(20(23,24)25)28-30(17)14-4-2-1-3-13(14)22/h1-9H,10H2,(H,26,31). The normalized spacial score (nSPS) is 11.4. The molecule has 2 heterocycles. The molecule has 170 valence electrons. The van der Waals surface area contributed by atoms with Crippen molar-refractivity contribution in [2.75, 3.05) is 11.9 Å². The van der Waals surface area contributed by atoms with E-state index in [9.17, 15) is 18.0 Å². The van der Waals surface area contributed by atoms with Gasteiger partial charge in [0.05, 0.1) is 10.7 Å². The maximum atomic E-state index is 13.2. The lowest BCUT2D eigenvalue weighted by Crippen LogP contribution is -2.21. The Hall–Kier alpha value is -3.15. The predicted molar refractivity (Wildman–Crippen MR) is 118 cm³/mol. The quantitative estimate of drug-likeness (QED) is 0.355. The first-order valence-electron chi connectivity index (χ1n) is 9.15. The monoisotopic (exact) mass is 513 g/mol. The lowest BCUT2D eigenvalue weighted by Gasteiger charge is -2.10. The number of hydrogen-bond acceptors (Lipinski definition) is 6. The molecule has 0 radical (unpaired) electrons. The van der Waals surface area contributed by atoms with Crippen LogP contribution in [0.3, 0.4) is 0 Å². The summed E-state index contributed by atoms with van der Waals surface area (Å²) in [6.07, 6.45) is -4.71. The van der Waals surface area contributed by atoms with E-state index in [1.165, 1.54) is 12.1 Å². The molecular formula is C20H12Cl2F3N5O2S. The van der Waals surface area contributed by atoms with Crippen molar-refractivity contribution in [2.45, 2.75) is 6.18 Å². The average molecular weight is 514 g/mol. The van der Waals surface area contributed by atoms with Crippen LogP contribution in [0.1, 0.15) is 5.69 Å². The van der Waals surface area contributed by atoms with E-state index in [4.69, 9.17) is 27.9 Å². The zero-order valence-electron chi connectivity index (χ0n) is 16.3. The first-order valence-corrected chi connectivity index (χ1v) is 10.7. The maximum absolute atomic E-state index is 13.2. The van der Waals surface area contributed by atoms with E-state index in [0.29, 0.717) is 27.3 Å². The number of anilines is 1. The molecule has 7 nitrogen and oxygen atoms in total. The molecule has 0 atom stereocenters. The first kappa shape index (κ1) is 23.0. The fourth-order valence-electron chi connectivity index (χ4n) is 2.77. The predicted octanol–water partition coefficient (Wildman–Crippen LogP) is 5.73. The second kappa shape index (κ2) is 9.38. The third-order valence-electron chi connectivity index (χ3n) is 4.26. The number of benzene rings is 2. The molecular weight excluding hydrogens is 502 g/mol. The van der Waals surface area contributed by atoms with Gasteiger partial charge >= 0.3 is 6.18 Å². The highest BCUT2D eigenvalue weighted by molar-refractivity contribution is 7.10. The number of halogens is 5. The number of carbonyl (C=O) groups excluding carboxylic acids is 1. The van der Waals surface area contributed by atoms with Crippen molar-refractivity contribution < 1.29 is 22.7 Å². The number of rotatable bonds is 6. The van der Waals surface area contributed by atoms with Crippen molar-refractivity contribution >= 4 is 45.6 Å². The fourth-order valence-corrected chi connectivity index (χ4v) is 3.72. The van der Waals surface area contributed by atoms with Gasteiger partial charge in [-0.25, -0.2) is 0 Å². The van der Waals surface area contributed by atoms with Crippen LogP contribution in [0, 0.1) is 0 Å². The van der Waals surface area contributed by atoms with Crippen LogP contribution in [0.25, 0.3) is 16.9 Å². The van der Waals surface area contributed by atoms with Crippen LogP contribution >= 0.6 is 34.7 Å². The summed E-state index contributed by atoms with van der Waals surface area (Å²) in [5.74, 6) is -0.928. The van der Waals surface area contributed by atoms with E-state index in [-0.39, 0.29) is 16.6 Å². The Morgan fingerprint density at radius 2 is 1.85 bits per heavy atom. The van der Waals surface area contributed by atoms with Crippen molar-refractivity contribution in [3.63, 3.8) is 0 Å². The van der Waals surface area contributed by atoms with Gasteiger partial charge in [-0.2, -0.15) is 23.0 Å². The van der Waals surface area contributed by atoms with Crippen LogP contribution in [0.2, 0.25) is 10.0 Å². The maximum Gasteiger partial charge on any atom is 0.435 e. The topological polar surface area (TPSA) is 81.9 Å². The summed E-state index contributed by atoms with van der Waals surface area (Å²) in [5, 5.41) is 11.2. The molecule has 33 heavy (non-hydrogen) atoms. The molecule has 0 bridgehead atoms. The summed E-state index contributed by atoms with van der Waals surface area (Å²) >= 11 is 12.9. The van der Waals surface area contributed by atoms with Crippen LogP contribution in [0.15, 0.2) is 54.6 Å². The molecule has 0 saturated carbocycles. The molecule has 0 fully saturated rings. The zero-order valence-corrected chi connectivity index (χ0v) is 18.6. The summed E-state index contributed by atoms with van der Waals surface area (Å²) in [6, 6.07) is 13.6. The van der Waals surface area contributed by atoms with Gasteiger partial charge in [0.2, 0.25) is 5.88 Å². The minimum absolute atomic E-state index is 0.159. The lowest BCUT2D eigenvalue weighted by atomic mass is 10.2. The van der Waals surface area contributed by atoms with Crippen LogP contribution < -0.4 is 10.1 Å². The molecule has 2 aromatic heterocycles. The second-order valence-electron chi connectivity index (χ2n) is 6.52. The SMILES string of the molecule is O=C(COc1cc(C(F)(F)F)nn1-c1ccccc1Cl)Nc1snnc1-c1ccc(Cl)cc1. The summed E-state index contributed by atoms with van der Waals surface area (Å²) in [4.78, 5) is 12.5. The van der Waals surface area contributed by atoms with E-state index >= 15 is 0 Å². The molecule has 0 saturated heterocycles. The molecule has 4 rings (SSSR count). The fraction of sp³-hybridized carbons (Fsp3) is 0.100. The van der Waals surface area contributed by atoms with E-state index < -0.39 is 24.4 Å². The molecule has 0 unspecified atom stereocenters. The summed E-state index contributed by atoms with van der Waals surface area (Å²) in [5.41, 5.74) is 0.0812. The van der Waals surface area contributed by atoms with Gasteiger partial charge in [-0.3, -0.25) is 4.79 Å². The smallest absolute Gasteiger partial charge is 0.435 e. The summed E-state index contributed by atoms with van der Waals surface area (Å²) in [6.45, 7) is -0.592. The zero-order chi connectivity index (χ0) is 23.6. The third-order valence-corrected chi connectivity index (χ3v) is 5.47. The number of nitrogens with zero attached hydrogens (tertiary/aromatic N) is 4. The van der Waals surface area contributed by atoms with Crippen molar-refractivity contribution in [1.82, 2.24) is 19.4 Å². The lowest BCUT2D eigenvalue weighted by molar-refractivity contribution is -0.141. The van der Waals surface area contributed by atoms with Gasteiger partial charge in [-0.15, -0.1) is 5.10 Å². The summed E-state index contributed by atoms with van der Waals surface area (Å²) in [7, 11) is 0. The van der Waals surface area contributed by atoms with E-state index in [0.717, 1.165) is 16.2 Å². The van der Waals surface area contributed by atoms with E-state index in [2.05, 4.69) is 20.0 Å². The number of alkyl halides is 3. The minimum Gasteiger partial charge on any atom is -0.467 e. The number of carbonyl (C=O) groups is 1. The third kappa shape index (κ3) is 5.27. The van der Waals surface area contributed by atoms with Gasteiger partial charge in [0.1, 0.15) is 10.7 Å².